The van der Waals surface area contributed by atoms with Crippen LogP contribution in [0.1, 0.15) is 35.7 Å². The minimum atomic E-state index is 0.440. The van der Waals surface area contributed by atoms with E-state index >= 15 is 0 Å². The van der Waals surface area contributed by atoms with Crippen molar-refractivity contribution in [3.8, 4) is 11.1 Å². The van der Waals surface area contributed by atoms with E-state index in [0.29, 0.717) is 5.92 Å². The van der Waals surface area contributed by atoms with Crippen molar-refractivity contribution in [2.45, 2.75) is 32.2 Å². The maximum Gasteiger partial charge on any atom is 0.115 e. The zero-order valence-electron chi connectivity index (χ0n) is 17.2. The normalized spacial score (nSPS) is 17.3. The van der Waals surface area contributed by atoms with E-state index in [1.54, 1.807) is 6.33 Å². The molecule has 1 atom stereocenters. The number of fused-ring (bicyclic) bond motifs is 1. The molecule has 0 bridgehead atoms. The van der Waals surface area contributed by atoms with E-state index in [4.69, 9.17) is 4.98 Å². The van der Waals surface area contributed by atoms with Crippen LogP contribution >= 0.6 is 0 Å². The standard InChI is InChI=1S/C25H25N5/c1-18-11-21(22-13-26-17-27-14-22)12-25(29-18)20-6-4-10-30(16-20)15-19-5-2-8-24-23(19)7-3-9-28-24/h2-3,5,7-9,11-14,17,20H,4,6,10,15-16H2,1H3. The second-order valence-corrected chi connectivity index (χ2v) is 8.11. The number of aromatic nitrogens is 4. The molecule has 1 aliphatic heterocycles. The van der Waals surface area contributed by atoms with Crippen LogP contribution in [-0.4, -0.2) is 37.9 Å². The van der Waals surface area contributed by atoms with Gasteiger partial charge in [-0.2, -0.15) is 0 Å². The van der Waals surface area contributed by atoms with Gasteiger partial charge in [0.25, 0.3) is 0 Å². The molecule has 1 aliphatic rings. The van der Waals surface area contributed by atoms with Gasteiger partial charge in [-0.3, -0.25) is 14.9 Å². The van der Waals surface area contributed by atoms with Crippen molar-refractivity contribution < 1.29 is 0 Å². The minimum Gasteiger partial charge on any atom is -0.298 e. The summed E-state index contributed by atoms with van der Waals surface area (Å²) in [7, 11) is 0. The highest BCUT2D eigenvalue weighted by atomic mass is 15.1. The summed E-state index contributed by atoms with van der Waals surface area (Å²) in [5, 5.41) is 1.25. The second kappa shape index (κ2) is 8.28. The van der Waals surface area contributed by atoms with E-state index in [1.807, 2.05) is 24.7 Å². The summed E-state index contributed by atoms with van der Waals surface area (Å²) in [4.78, 5) is 20.3. The molecule has 0 radical (unpaired) electrons. The Kier molecular flexibility index (Phi) is 5.20. The van der Waals surface area contributed by atoms with Gasteiger partial charge in [0.05, 0.1) is 5.52 Å². The fraction of sp³-hybridized carbons (Fsp3) is 0.280. The SMILES string of the molecule is Cc1cc(-c2cncnc2)cc(C2CCCN(Cc3cccc4ncccc34)C2)n1. The summed E-state index contributed by atoms with van der Waals surface area (Å²) in [6.07, 6.45) is 9.53. The van der Waals surface area contributed by atoms with Crippen LogP contribution in [0.2, 0.25) is 0 Å². The largest absolute Gasteiger partial charge is 0.298 e. The number of aryl methyl sites for hydroxylation is 1. The molecule has 0 saturated carbocycles. The van der Waals surface area contributed by atoms with Crippen LogP contribution in [0.5, 0.6) is 0 Å². The van der Waals surface area contributed by atoms with Crippen molar-refractivity contribution >= 4 is 10.9 Å². The van der Waals surface area contributed by atoms with Gasteiger partial charge in [0, 0.05) is 59.9 Å². The Bertz CT molecular complexity index is 1150. The first kappa shape index (κ1) is 18.8. The molecule has 4 heterocycles. The Balaban J connectivity index is 1.39. The van der Waals surface area contributed by atoms with Crippen LogP contribution < -0.4 is 0 Å². The highest BCUT2D eigenvalue weighted by Crippen LogP contribution is 2.30. The second-order valence-electron chi connectivity index (χ2n) is 8.11. The van der Waals surface area contributed by atoms with E-state index in [9.17, 15) is 0 Å². The Morgan fingerprint density at radius 1 is 1.03 bits per heavy atom. The van der Waals surface area contributed by atoms with E-state index < -0.39 is 0 Å². The first-order valence-electron chi connectivity index (χ1n) is 10.6. The molecule has 5 heteroatoms. The molecule has 5 nitrogen and oxygen atoms in total. The number of pyridine rings is 2. The molecule has 4 aromatic rings. The molecule has 5 rings (SSSR count). The maximum absolute atomic E-state index is 4.90. The lowest BCUT2D eigenvalue weighted by molar-refractivity contribution is 0.199. The Morgan fingerprint density at radius 2 is 1.93 bits per heavy atom. The predicted octanol–water partition coefficient (Wildman–Crippen LogP) is 4.77. The van der Waals surface area contributed by atoms with Crippen molar-refractivity contribution in [1.82, 2.24) is 24.8 Å². The molecule has 1 fully saturated rings. The summed E-state index contributed by atoms with van der Waals surface area (Å²) < 4.78 is 0. The van der Waals surface area contributed by atoms with Crippen LogP contribution in [0.15, 0.2) is 67.4 Å². The van der Waals surface area contributed by atoms with E-state index in [2.05, 4.69) is 63.2 Å². The van der Waals surface area contributed by atoms with E-state index in [0.717, 1.165) is 42.0 Å². The molecule has 0 amide bonds. The van der Waals surface area contributed by atoms with Gasteiger partial charge in [0.1, 0.15) is 6.33 Å². The van der Waals surface area contributed by atoms with Crippen molar-refractivity contribution in [3.05, 3.63) is 84.3 Å². The molecule has 0 aliphatic carbocycles. The Hall–Kier alpha value is -3.18. The number of benzene rings is 1. The van der Waals surface area contributed by atoms with Gasteiger partial charge in [0.2, 0.25) is 0 Å². The van der Waals surface area contributed by atoms with Crippen LogP contribution in [0.3, 0.4) is 0 Å². The van der Waals surface area contributed by atoms with Gasteiger partial charge in [-0.1, -0.05) is 18.2 Å². The highest BCUT2D eigenvalue weighted by Gasteiger charge is 2.23. The molecule has 150 valence electrons. The van der Waals surface area contributed by atoms with Crippen LogP contribution in [0, 0.1) is 6.92 Å². The summed E-state index contributed by atoms with van der Waals surface area (Å²) in [5.74, 6) is 0.440. The Labute approximate surface area is 176 Å². The zero-order valence-corrected chi connectivity index (χ0v) is 17.2. The van der Waals surface area contributed by atoms with Gasteiger partial charge in [-0.15, -0.1) is 0 Å². The number of hydrogen-bond donors (Lipinski definition) is 0. The van der Waals surface area contributed by atoms with E-state index in [1.165, 1.54) is 29.5 Å². The average Bonchev–Trinajstić information content (AvgIpc) is 2.80. The fourth-order valence-corrected chi connectivity index (χ4v) is 4.50. The lowest BCUT2D eigenvalue weighted by atomic mass is 9.92. The molecule has 0 spiro atoms. The van der Waals surface area contributed by atoms with Gasteiger partial charge >= 0.3 is 0 Å². The number of nitrogens with zero attached hydrogens (tertiary/aromatic N) is 5. The smallest absolute Gasteiger partial charge is 0.115 e. The third-order valence-electron chi connectivity index (χ3n) is 5.92. The van der Waals surface area contributed by atoms with E-state index in [-0.39, 0.29) is 0 Å². The van der Waals surface area contributed by atoms with Gasteiger partial charge in [0.15, 0.2) is 0 Å². The molecule has 1 aromatic carbocycles. The van der Waals surface area contributed by atoms with Crippen LogP contribution in [0.4, 0.5) is 0 Å². The maximum atomic E-state index is 4.90. The fourth-order valence-electron chi connectivity index (χ4n) is 4.50. The molecule has 30 heavy (non-hydrogen) atoms. The average molecular weight is 396 g/mol. The summed E-state index contributed by atoms with van der Waals surface area (Å²) in [6.45, 7) is 5.17. The number of rotatable bonds is 4. The highest BCUT2D eigenvalue weighted by molar-refractivity contribution is 5.81. The third-order valence-corrected chi connectivity index (χ3v) is 5.92. The quantitative estimate of drug-likeness (QED) is 0.498. The monoisotopic (exact) mass is 395 g/mol. The molecular weight excluding hydrogens is 370 g/mol. The van der Waals surface area contributed by atoms with Crippen molar-refractivity contribution in [1.29, 1.82) is 0 Å². The van der Waals surface area contributed by atoms with Gasteiger partial charge < -0.3 is 0 Å². The zero-order chi connectivity index (χ0) is 20.3. The lowest BCUT2D eigenvalue weighted by Gasteiger charge is -2.33. The van der Waals surface area contributed by atoms with Crippen molar-refractivity contribution in [2.24, 2.45) is 0 Å². The Morgan fingerprint density at radius 3 is 2.83 bits per heavy atom. The molecule has 0 N–H and O–H groups in total. The van der Waals surface area contributed by atoms with Crippen molar-refractivity contribution in [2.75, 3.05) is 13.1 Å². The molecule has 3 aromatic heterocycles. The van der Waals surface area contributed by atoms with Crippen molar-refractivity contribution in [3.63, 3.8) is 0 Å². The van der Waals surface area contributed by atoms with Crippen LogP contribution in [0.25, 0.3) is 22.0 Å². The number of hydrogen-bond acceptors (Lipinski definition) is 5. The summed E-state index contributed by atoms with van der Waals surface area (Å²) in [5.41, 5.74) is 6.83. The number of piperidine rings is 1. The summed E-state index contributed by atoms with van der Waals surface area (Å²) >= 11 is 0. The first-order chi connectivity index (χ1) is 14.8. The predicted molar refractivity (Wildman–Crippen MR) is 119 cm³/mol. The lowest BCUT2D eigenvalue weighted by Crippen LogP contribution is -2.34. The van der Waals surface area contributed by atoms with Gasteiger partial charge in [-0.25, -0.2) is 9.97 Å². The minimum absolute atomic E-state index is 0.440. The number of likely N-dealkylation sites (tertiary alicyclic amines) is 1. The van der Waals surface area contributed by atoms with Gasteiger partial charge in [-0.05, 0) is 61.7 Å². The topological polar surface area (TPSA) is 54.8 Å². The van der Waals surface area contributed by atoms with Crippen LogP contribution in [-0.2, 0) is 6.54 Å². The third kappa shape index (κ3) is 3.94. The molecule has 1 saturated heterocycles. The molecule has 1 unspecified atom stereocenters. The summed E-state index contributed by atoms with van der Waals surface area (Å²) in [6, 6.07) is 15.0. The molecular formula is C25H25N5. The first-order valence-corrected chi connectivity index (χ1v) is 10.6.